The first-order valence-corrected chi connectivity index (χ1v) is 9.95. The van der Waals surface area contributed by atoms with E-state index in [1.54, 1.807) is 18.2 Å². The maximum atomic E-state index is 12.7. The number of carbonyl (C=O) groups excluding carboxylic acids is 3. The molecule has 1 aliphatic heterocycles. The molecule has 178 valence electrons. The lowest BCUT2D eigenvalue weighted by molar-refractivity contribution is -0.143. The summed E-state index contributed by atoms with van der Waals surface area (Å²) < 4.78 is 21.6. The molecule has 1 atom stereocenters. The fourth-order valence-corrected chi connectivity index (χ4v) is 3.14. The number of ether oxygens (including phenoxy) is 4. The lowest BCUT2D eigenvalue weighted by Crippen LogP contribution is -2.45. The Morgan fingerprint density at radius 3 is 2.50 bits per heavy atom. The lowest BCUT2D eigenvalue weighted by atomic mass is 10.1. The number of Topliss-reactive ketones (excluding diaryl/α,β-unsaturated/α-hetero) is 1. The number of nitrogens with one attached hydrogen (secondary N) is 1. The first-order valence-electron chi connectivity index (χ1n) is 9.95. The van der Waals surface area contributed by atoms with Gasteiger partial charge in [-0.1, -0.05) is 0 Å². The zero-order valence-corrected chi connectivity index (χ0v) is 18.3. The second kappa shape index (κ2) is 10.4. The van der Waals surface area contributed by atoms with Gasteiger partial charge in [-0.2, -0.15) is 0 Å². The molecular weight excluding hydrogens is 448 g/mol. The van der Waals surface area contributed by atoms with Crippen molar-refractivity contribution in [2.75, 3.05) is 20.8 Å². The monoisotopic (exact) mass is 470 g/mol. The van der Waals surface area contributed by atoms with Gasteiger partial charge in [0.15, 0.2) is 12.4 Å². The Morgan fingerprint density at radius 1 is 1.12 bits per heavy atom. The molecule has 0 unspecified atom stereocenters. The van der Waals surface area contributed by atoms with Crippen LogP contribution >= 0.6 is 0 Å². The number of primary amides is 1. The van der Waals surface area contributed by atoms with Crippen molar-refractivity contribution in [3.05, 3.63) is 53.3 Å². The van der Waals surface area contributed by atoms with E-state index in [4.69, 9.17) is 29.8 Å². The average molecular weight is 470 g/mol. The normalized spacial score (nSPS) is 14.1. The molecule has 0 bridgehead atoms. The third kappa shape index (κ3) is 5.63. The van der Waals surface area contributed by atoms with Crippen molar-refractivity contribution in [3.63, 3.8) is 0 Å². The van der Waals surface area contributed by atoms with Crippen molar-refractivity contribution in [2.24, 2.45) is 5.73 Å². The van der Waals surface area contributed by atoms with Crippen molar-refractivity contribution in [2.45, 2.75) is 12.5 Å². The fraction of sp³-hybridized carbons (Fsp3) is 0.217. The van der Waals surface area contributed by atoms with E-state index in [0.29, 0.717) is 22.6 Å². The quantitative estimate of drug-likeness (QED) is 0.432. The van der Waals surface area contributed by atoms with Crippen LogP contribution in [0.4, 0.5) is 0 Å². The summed E-state index contributed by atoms with van der Waals surface area (Å²) in [4.78, 5) is 46.8. The van der Waals surface area contributed by atoms with Crippen LogP contribution in [0.25, 0.3) is 6.08 Å². The molecule has 11 nitrogen and oxygen atoms in total. The molecule has 1 aliphatic rings. The molecule has 4 N–H and O–H groups in total. The van der Waals surface area contributed by atoms with Crippen LogP contribution in [-0.2, 0) is 14.4 Å². The van der Waals surface area contributed by atoms with Crippen LogP contribution in [0.15, 0.2) is 42.2 Å². The summed E-state index contributed by atoms with van der Waals surface area (Å²) in [6.45, 7) is -0.529. The van der Waals surface area contributed by atoms with Gasteiger partial charge < -0.3 is 35.1 Å². The summed E-state index contributed by atoms with van der Waals surface area (Å²) in [6.07, 6.45) is 0.978. The summed E-state index contributed by atoms with van der Waals surface area (Å²) in [7, 11) is 3.02. The second-order valence-electron chi connectivity index (χ2n) is 7.12. The molecule has 0 radical (unpaired) electrons. The highest BCUT2D eigenvalue weighted by molar-refractivity contribution is 6.14. The third-order valence-corrected chi connectivity index (χ3v) is 4.77. The smallest absolute Gasteiger partial charge is 0.326 e. The predicted octanol–water partition coefficient (Wildman–Crippen LogP) is 1.14. The number of hydrogen-bond donors (Lipinski definition) is 3. The zero-order valence-electron chi connectivity index (χ0n) is 18.3. The minimum atomic E-state index is -1.46. The average Bonchev–Trinajstić information content (AvgIpc) is 3.11. The molecule has 0 saturated carbocycles. The minimum absolute atomic E-state index is 0.0622. The summed E-state index contributed by atoms with van der Waals surface area (Å²) in [6, 6.07) is 8.05. The van der Waals surface area contributed by atoms with E-state index in [0.717, 1.165) is 0 Å². The number of allylic oxidation sites excluding steroid dienone is 1. The van der Waals surface area contributed by atoms with Crippen molar-refractivity contribution in [1.29, 1.82) is 0 Å². The van der Waals surface area contributed by atoms with E-state index in [1.807, 2.05) is 0 Å². The summed E-state index contributed by atoms with van der Waals surface area (Å²) in [5, 5.41) is 11.2. The number of hydrogen-bond acceptors (Lipinski definition) is 8. The van der Waals surface area contributed by atoms with Crippen LogP contribution in [0.1, 0.15) is 22.3 Å². The van der Waals surface area contributed by atoms with E-state index in [1.165, 1.54) is 38.5 Å². The number of amides is 2. The van der Waals surface area contributed by atoms with Gasteiger partial charge in [0.05, 0.1) is 26.2 Å². The largest absolute Gasteiger partial charge is 0.497 e. The number of carboxylic acid groups (broad SMARTS) is 1. The molecular formula is C23H22N2O9. The number of aliphatic carboxylic acids is 1. The van der Waals surface area contributed by atoms with Gasteiger partial charge in [0.2, 0.25) is 11.7 Å². The van der Waals surface area contributed by atoms with Crippen LogP contribution in [0.2, 0.25) is 0 Å². The topological polar surface area (TPSA) is 163 Å². The number of carboxylic acids is 1. The van der Waals surface area contributed by atoms with Crippen LogP contribution in [0.5, 0.6) is 23.0 Å². The zero-order chi connectivity index (χ0) is 24.8. The Hall–Kier alpha value is -4.54. The van der Waals surface area contributed by atoms with E-state index >= 15 is 0 Å². The summed E-state index contributed by atoms with van der Waals surface area (Å²) in [5.74, 6) is -1.79. The first-order chi connectivity index (χ1) is 16.2. The van der Waals surface area contributed by atoms with Gasteiger partial charge in [-0.05, 0) is 36.4 Å². The Balaban J connectivity index is 1.70. The van der Waals surface area contributed by atoms with E-state index in [9.17, 15) is 19.2 Å². The Morgan fingerprint density at radius 2 is 1.85 bits per heavy atom. The van der Waals surface area contributed by atoms with Crippen LogP contribution in [-0.4, -0.2) is 55.5 Å². The molecule has 0 aromatic heterocycles. The van der Waals surface area contributed by atoms with Gasteiger partial charge in [0.1, 0.15) is 29.0 Å². The number of fused-ring (bicyclic) bond motifs is 1. The maximum absolute atomic E-state index is 12.7. The molecule has 34 heavy (non-hydrogen) atoms. The Bertz CT molecular complexity index is 1170. The van der Waals surface area contributed by atoms with Gasteiger partial charge in [-0.3, -0.25) is 14.4 Å². The number of benzene rings is 2. The lowest BCUT2D eigenvalue weighted by Gasteiger charge is -2.13. The second-order valence-corrected chi connectivity index (χ2v) is 7.12. The van der Waals surface area contributed by atoms with E-state index < -0.39 is 36.9 Å². The highest BCUT2D eigenvalue weighted by Gasteiger charge is 2.28. The van der Waals surface area contributed by atoms with Gasteiger partial charge in [-0.25, -0.2) is 4.79 Å². The SMILES string of the molecule is COc1ccc(OC)c(C=C2Oc3cc(OCC(=O)N[C@@H](CC(N)=O)C(=O)O)ccc3C2=O)c1. The summed E-state index contributed by atoms with van der Waals surface area (Å²) >= 11 is 0. The first kappa shape index (κ1) is 24.1. The molecule has 1 heterocycles. The number of nitrogens with two attached hydrogens (primary N) is 1. The molecule has 0 spiro atoms. The van der Waals surface area contributed by atoms with Crippen LogP contribution in [0, 0.1) is 0 Å². The Kier molecular flexibility index (Phi) is 7.36. The number of methoxy groups -OCH3 is 2. The highest BCUT2D eigenvalue weighted by Crippen LogP contribution is 2.36. The predicted molar refractivity (Wildman–Crippen MR) is 118 cm³/mol. The standard InChI is InChI=1S/C23H22N2O9/c1-31-13-4-6-17(32-2)12(7-13)8-19-22(28)15-5-3-14(9-18(15)34-19)33-11-21(27)25-16(23(29)30)10-20(24)26/h3-9,16H,10-11H2,1-2H3,(H2,24,26)(H,25,27)(H,29,30)/t16-/m0/s1. The van der Waals surface area contributed by atoms with Gasteiger partial charge >= 0.3 is 5.97 Å². The molecule has 0 aliphatic carbocycles. The summed E-state index contributed by atoms with van der Waals surface area (Å²) in [5.41, 5.74) is 5.86. The van der Waals surface area contributed by atoms with Crippen molar-refractivity contribution < 1.29 is 43.2 Å². The molecule has 2 aromatic carbocycles. The van der Waals surface area contributed by atoms with Crippen LogP contribution < -0.4 is 30.0 Å². The minimum Gasteiger partial charge on any atom is -0.497 e. The van der Waals surface area contributed by atoms with Crippen LogP contribution in [0.3, 0.4) is 0 Å². The van der Waals surface area contributed by atoms with Crippen molar-refractivity contribution in [1.82, 2.24) is 5.32 Å². The maximum Gasteiger partial charge on any atom is 0.326 e. The third-order valence-electron chi connectivity index (χ3n) is 4.77. The highest BCUT2D eigenvalue weighted by atomic mass is 16.5. The molecule has 11 heteroatoms. The van der Waals surface area contributed by atoms with Gasteiger partial charge in [0.25, 0.3) is 5.91 Å². The number of ketones is 1. The number of rotatable bonds is 10. The Labute approximate surface area is 194 Å². The molecule has 0 saturated heterocycles. The molecule has 3 rings (SSSR count). The fourth-order valence-electron chi connectivity index (χ4n) is 3.14. The van der Waals surface area contributed by atoms with Crippen molar-refractivity contribution >= 4 is 29.6 Å². The molecule has 2 amide bonds. The van der Waals surface area contributed by atoms with Crippen molar-refractivity contribution in [3.8, 4) is 23.0 Å². The molecule has 0 fully saturated rings. The van der Waals surface area contributed by atoms with Gasteiger partial charge in [0, 0.05) is 11.6 Å². The molecule has 2 aromatic rings. The number of carbonyl (C=O) groups is 4. The van der Waals surface area contributed by atoms with E-state index in [-0.39, 0.29) is 23.0 Å². The van der Waals surface area contributed by atoms with Gasteiger partial charge in [-0.15, -0.1) is 0 Å². The van der Waals surface area contributed by atoms with E-state index in [2.05, 4.69) is 5.32 Å².